The molecule has 0 spiro atoms. The molecular weight excluding hydrogens is 184 g/mol. The van der Waals surface area contributed by atoms with Gasteiger partial charge in [-0.15, -0.1) is 0 Å². The minimum atomic E-state index is 0.159. The third-order valence-electron chi connectivity index (χ3n) is 3.13. The van der Waals surface area contributed by atoms with Gasteiger partial charge in [0, 0.05) is 16.9 Å². The zero-order valence-electron chi connectivity index (χ0n) is 10.0. The van der Waals surface area contributed by atoms with E-state index in [1.165, 1.54) is 11.3 Å². The van der Waals surface area contributed by atoms with Crippen LogP contribution in [0.2, 0.25) is 0 Å². The predicted molar refractivity (Wildman–Crippen MR) is 66.2 cm³/mol. The minimum Gasteiger partial charge on any atom is -0.399 e. The van der Waals surface area contributed by atoms with E-state index < -0.39 is 0 Å². The molecule has 2 heteroatoms. The van der Waals surface area contributed by atoms with E-state index in [1.54, 1.807) is 0 Å². The van der Waals surface area contributed by atoms with Crippen molar-refractivity contribution >= 4 is 11.4 Å². The summed E-state index contributed by atoms with van der Waals surface area (Å²) < 4.78 is 0. The summed E-state index contributed by atoms with van der Waals surface area (Å²) >= 11 is 0. The van der Waals surface area contributed by atoms with Gasteiger partial charge >= 0.3 is 0 Å². The number of benzene rings is 1. The Morgan fingerprint density at radius 2 is 1.87 bits per heavy atom. The van der Waals surface area contributed by atoms with E-state index in [2.05, 4.69) is 45.1 Å². The van der Waals surface area contributed by atoms with E-state index in [1.807, 2.05) is 6.07 Å². The molecule has 1 aliphatic rings. The number of nitrogen functional groups attached to an aromatic ring is 1. The summed E-state index contributed by atoms with van der Waals surface area (Å²) in [7, 11) is 0. The highest BCUT2D eigenvalue weighted by molar-refractivity contribution is 5.63. The fourth-order valence-electron chi connectivity index (χ4n) is 2.84. The number of hydrogen-bond donors (Lipinski definition) is 2. The molecule has 0 saturated heterocycles. The lowest BCUT2D eigenvalue weighted by atomic mass is 9.71. The molecule has 0 saturated carbocycles. The quantitative estimate of drug-likeness (QED) is 0.637. The van der Waals surface area contributed by atoms with Gasteiger partial charge in [0.1, 0.15) is 0 Å². The summed E-state index contributed by atoms with van der Waals surface area (Å²) in [6.45, 7) is 9.06. The Balaban J connectivity index is 2.55. The van der Waals surface area contributed by atoms with Gasteiger partial charge in [0.05, 0.1) is 0 Å². The summed E-state index contributed by atoms with van der Waals surface area (Å²) in [5.41, 5.74) is 9.61. The third-order valence-corrected chi connectivity index (χ3v) is 3.13. The molecule has 0 fully saturated rings. The largest absolute Gasteiger partial charge is 0.399 e. The molecule has 0 atom stereocenters. The maximum Gasteiger partial charge on any atom is 0.0383 e. The van der Waals surface area contributed by atoms with Crippen molar-refractivity contribution in [3.63, 3.8) is 0 Å². The van der Waals surface area contributed by atoms with Crippen molar-refractivity contribution in [2.45, 2.75) is 45.1 Å². The molecule has 1 heterocycles. The molecule has 0 bridgehead atoms. The highest BCUT2D eigenvalue weighted by atomic mass is 15.0. The van der Waals surface area contributed by atoms with Crippen LogP contribution in [0.3, 0.4) is 0 Å². The molecule has 0 amide bonds. The molecule has 0 aromatic heterocycles. The molecule has 0 aliphatic carbocycles. The minimum absolute atomic E-state index is 0.159. The van der Waals surface area contributed by atoms with Crippen molar-refractivity contribution in [1.29, 1.82) is 0 Å². The Hall–Kier alpha value is -1.18. The Morgan fingerprint density at radius 3 is 2.53 bits per heavy atom. The Kier molecular flexibility index (Phi) is 2.00. The van der Waals surface area contributed by atoms with Gasteiger partial charge in [-0.25, -0.2) is 0 Å². The average Bonchev–Trinajstić information content (AvgIpc) is 2.03. The van der Waals surface area contributed by atoms with E-state index in [0.29, 0.717) is 0 Å². The van der Waals surface area contributed by atoms with Crippen molar-refractivity contribution in [3.05, 3.63) is 23.8 Å². The average molecular weight is 204 g/mol. The number of nitrogens with one attached hydrogen (secondary N) is 1. The standard InChI is InChI=1S/C13H20N2/c1-12(2)8-13(3,4)15-11-6-5-9(14)7-10(11)12/h5-7,15H,8,14H2,1-4H3. The maximum absolute atomic E-state index is 5.84. The second-order valence-corrected chi connectivity index (χ2v) is 5.87. The van der Waals surface area contributed by atoms with Gasteiger partial charge in [-0.3, -0.25) is 0 Å². The number of fused-ring (bicyclic) bond motifs is 1. The lowest BCUT2D eigenvalue weighted by Crippen LogP contribution is -2.43. The van der Waals surface area contributed by atoms with Crippen LogP contribution in [0.4, 0.5) is 11.4 Å². The zero-order valence-corrected chi connectivity index (χ0v) is 10.0. The van der Waals surface area contributed by atoms with Crippen LogP contribution in [0.15, 0.2) is 18.2 Å². The summed E-state index contributed by atoms with van der Waals surface area (Å²) in [4.78, 5) is 0. The van der Waals surface area contributed by atoms with Crippen LogP contribution in [0.5, 0.6) is 0 Å². The van der Waals surface area contributed by atoms with Gasteiger partial charge in [0.25, 0.3) is 0 Å². The van der Waals surface area contributed by atoms with Crippen LogP contribution in [0.25, 0.3) is 0 Å². The number of anilines is 2. The lowest BCUT2D eigenvalue weighted by molar-refractivity contribution is 0.355. The maximum atomic E-state index is 5.84. The second-order valence-electron chi connectivity index (χ2n) is 5.87. The molecule has 82 valence electrons. The van der Waals surface area contributed by atoms with Crippen molar-refractivity contribution in [3.8, 4) is 0 Å². The van der Waals surface area contributed by atoms with Crippen LogP contribution >= 0.6 is 0 Å². The van der Waals surface area contributed by atoms with Crippen LogP contribution in [0, 0.1) is 0 Å². The molecule has 0 unspecified atom stereocenters. The van der Waals surface area contributed by atoms with E-state index in [0.717, 1.165) is 12.1 Å². The molecule has 1 aliphatic heterocycles. The highest BCUT2D eigenvalue weighted by Gasteiger charge is 2.36. The molecule has 1 aromatic rings. The fraction of sp³-hybridized carbons (Fsp3) is 0.538. The van der Waals surface area contributed by atoms with Crippen LogP contribution < -0.4 is 11.1 Å². The topological polar surface area (TPSA) is 38.0 Å². The number of nitrogens with two attached hydrogens (primary N) is 1. The predicted octanol–water partition coefficient (Wildman–Crippen LogP) is 3.14. The molecule has 2 rings (SSSR count). The first kappa shape index (κ1) is 10.3. The van der Waals surface area contributed by atoms with Crippen molar-refractivity contribution in [1.82, 2.24) is 0 Å². The first-order chi connectivity index (χ1) is 6.80. The van der Waals surface area contributed by atoms with Crippen molar-refractivity contribution < 1.29 is 0 Å². The van der Waals surface area contributed by atoms with Crippen molar-refractivity contribution in [2.24, 2.45) is 0 Å². The zero-order chi connectivity index (χ0) is 11.3. The van der Waals surface area contributed by atoms with E-state index in [-0.39, 0.29) is 11.0 Å². The first-order valence-electron chi connectivity index (χ1n) is 5.48. The normalized spacial score (nSPS) is 21.6. The van der Waals surface area contributed by atoms with E-state index in [4.69, 9.17) is 5.73 Å². The van der Waals surface area contributed by atoms with Crippen LogP contribution in [0.1, 0.15) is 39.7 Å². The molecular formula is C13H20N2. The SMILES string of the molecule is CC1(C)CC(C)(C)c2cc(N)ccc2N1. The van der Waals surface area contributed by atoms with Crippen LogP contribution in [-0.2, 0) is 5.41 Å². The molecule has 1 aromatic carbocycles. The van der Waals surface area contributed by atoms with Gasteiger partial charge in [0.15, 0.2) is 0 Å². The number of rotatable bonds is 0. The van der Waals surface area contributed by atoms with Gasteiger partial charge in [0.2, 0.25) is 0 Å². The number of hydrogen-bond acceptors (Lipinski definition) is 2. The highest BCUT2D eigenvalue weighted by Crippen LogP contribution is 2.43. The summed E-state index contributed by atoms with van der Waals surface area (Å²) in [5, 5.41) is 3.56. The Labute approximate surface area is 91.9 Å². The summed E-state index contributed by atoms with van der Waals surface area (Å²) in [5.74, 6) is 0. The smallest absolute Gasteiger partial charge is 0.0383 e. The van der Waals surface area contributed by atoms with E-state index in [9.17, 15) is 0 Å². The van der Waals surface area contributed by atoms with Gasteiger partial charge in [-0.1, -0.05) is 13.8 Å². The Bertz CT molecular complexity index is 392. The summed E-state index contributed by atoms with van der Waals surface area (Å²) in [6, 6.07) is 6.15. The third kappa shape index (κ3) is 1.81. The first-order valence-corrected chi connectivity index (χ1v) is 5.48. The van der Waals surface area contributed by atoms with Gasteiger partial charge < -0.3 is 11.1 Å². The fourth-order valence-corrected chi connectivity index (χ4v) is 2.84. The van der Waals surface area contributed by atoms with Gasteiger partial charge in [-0.05, 0) is 49.4 Å². The van der Waals surface area contributed by atoms with E-state index >= 15 is 0 Å². The lowest BCUT2D eigenvalue weighted by Gasteiger charge is -2.43. The van der Waals surface area contributed by atoms with Gasteiger partial charge in [-0.2, -0.15) is 0 Å². The summed E-state index contributed by atoms with van der Waals surface area (Å²) in [6.07, 6.45) is 1.12. The molecule has 3 N–H and O–H groups in total. The molecule has 0 radical (unpaired) electrons. The second kappa shape index (κ2) is 2.91. The van der Waals surface area contributed by atoms with Crippen LogP contribution in [-0.4, -0.2) is 5.54 Å². The Morgan fingerprint density at radius 1 is 1.20 bits per heavy atom. The molecule has 15 heavy (non-hydrogen) atoms. The molecule has 2 nitrogen and oxygen atoms in total. The van der Waals surface area contributed by atoms with Crippen molar-refractivity contribution in [2.75, 3.05) is 11.1 Å². The monoisotopic (exact) mass is 204 g/mol.